The highest BCUT2D eigenvalue weighted by Crippen LogP contribution is 2.29. The molecular weight excluding hydrogens is 279 g/mol. The standard InChI is InChI=1S/C11H12BrFO3/c1-5(2)6-3-7(10(14)11(15)16)9(13)8(12)4-6/h3-5,10,14H,1-2H3,(H,15,16). The van der Waals surface area contributed by atoms with Crippen LogP contribution in [0.5, 0.6) is 0 Å². The molecule has 0 bridgehead atoms. The molecule has 0 aromatic heterocycles. The van der Waals surface area contributed by atoms with E-state index in [2.05, 4.69) is 15.9 Å². The van der Waals surface area contributed by atoms with Gasteiger partial charge in [-0.3, -0.25) is 0 Å². The van der Waals surface area contributed by atoms with Gasteiger partial charge in [0.25, 0.3) is 0 Å². The Hall–Kier alpha value is -0.940. The summed E-state index contributed by atoms with van der Waals surface area (Å²) in [6, 6.07) is 2.96. The van der Waals surface area contributed by atoms with Gasteiger partial charge in [-0.25, -0.2) is 9.18 Å². The second kappa shape index (κ2) is 4.93. The van der Waals surface area contributed by atoms with E-state index < -0.39 is 17.9 Å². The lowest BCUT2D eigenvalue weighted by molar-refractivity contribution is -0.147. The molecule has 16 heavy (non-hydrogen) atoms. The van der Waals surface area contributed by atoms with Crippen LogP contribution in [-0.4, -0.2) is 16.2 Å². The molecule has 0 aliphatic carbocycles. The molecule has 3 nitrogen and oxygen atoms in total. The van der Waals surface area contributed by atoms with Crippen molar-refractivity contribution in [3.05, 3.63) is 33.5 Å². The van der Waals surface area contributed by atoms with Crippen LogP contribution in [0.1, 0.15) is 37.0 Å². The first-order valence-corrected chi connectivity index (χ1v) is 5.53. The number of carboxylic acid groups (broad SMARTS) is 1. The van der Waals surface area contributed by atoms with Crippen molar-refractivity contribution in [2.75, 3.05) is 0 Å². The molecule has 1 unspecified atom stereocenters. The topological polar surface area (TPSA) is 57.5 Å². The van der Waals surface area contributed by atoms with Crippen LogP contribution in [0.2, 0.25) is 0 Å². The van der Waals surface area contributed by atoms with Gasteiger partial charge in [-0.05, 0) is 39.5 Å². The predicted octanol–water partition coefficient (Wildman–Crippen LogP) is 2.83. The summed E-state index contributed by atoms with van der Waals surface area (Å²) < 4.78 is 13.7. The van der Waals surface area contributed by atoms with E-state index in [1.807, 2.05) is 13.8 Å². The maximum absolute atomic E-state index is 13.6. The number of carboxylic acids is 1. The van der Waals surface area contributed by atoms with Gasteiger partial charge in [-0.1, -0.05) is 13.8 Å². The van der Waals surface area contributed by atoms with Gasteiger partial charge in [-0.2, -0.15) is 0 Å². The first-order valence-electron chi connectivity index (χ1n) is 4.74. The monoisotopic (exact) mass is 290 g/mol. The first kappa shape index (κ1) is 13.1. The Bertz CT molecular complexity index is 418. The number of carbonyl (C=O) groups is 1. The summed E-state index contributed by atoms with van der Waals surface area (Å²) in [6.45, 7) is 3.80. The van der Waals surface area contributed by atoms with E-state index in [0.717, 1.165) is 5.56 Å². The van der Waals surface area contributed by atoms with Crippen LogP contribution in [0.4, 0.5) is 4.39 Å². The van der Waals surface area contributed by atoms with Crippen molar-refractivity contribution in [3.8, 4) is 0 Å². The Morgan fingerprint density at radius 2 is 2.00 bits per heavy atom. The van der Waals surface area contributed by atoms with Crippen LogP contribution < -0.4 is 0 Å². The van der Waals surface area contributed by atoms with Crippen molar-refractivity contribution in [1.82, 2.24) is 0 Å². The number of hydrogen-bond acceptors (Lipinski definition) is 2. The van der Waals surface area contributed by atoms with Crippen LogP contribution in [-0.2, 0) is 4.79 Å². The molecule has 0 saturated carbocycles. The normalized spacial score (nSPS) is 12.9. The van der Waals surface area contributed by atoms with Crippen LogP contribution in [0.15, 0.2) is 16.6 Å². The molecule has 1 aromatic carbocycles. The second-order valence-corrected chi connectivity index (χ2v) is 4.66. The molecule has 0 aliphatic heterocycles. The lowest BCUT2D eigenvalue weighted by Gasteiger charge is -2.13. The fourth-order valence-electron chi connectivity index (χ4n) is 1.30. The highest BCUT2D eigenvalue weighted by atomic mass is 79.9. The summed E-state index contributed by atoms with van der Waals surface area (Å²) in [6.07, 6.45) is -1.84. The fraction of sp³-hybridized carbons (Fsp3) is 0.364. The summed E-state index contributed by atoms with van der Waals surface area (Å²) in [5.74, 6) is -2.08. The lowest BCUT2D eigenvalue weighted by atomic mass is 9.98. The minimum absolute atomic E-state index is 0.122. The van der Waals surface area contributed by atoms with Gasteiger partial charge in [0, 0.05) is 5.56 Å². The zero-order valence-corrected chi connectivity index (χ0v) is 10.5. The number of aliphatic hydroxyl groups is 1. The van der Waals surface area contributed by atoms with Crippen molar-refractivity contribution >= 4 is 21.9 Å². The molecule has 1 rings (SSSR count). The van der Waals surface area contributed by atoms with E-state index in [4.69, 9.17) is 5.11 Å². The summed E-state index contributed by atoms with van der Waals surface area (Å²) in [5, 5.41) is 18.0. The largest absolute Gasteiger partial charge is 0.479 e. The molecule has 0 radical (unpaired) electrons. The number of halogens is 2. The van der Waals surface area contributed by atoms with Crippen LogP contribution in [0, 0.1) is 5.82 Å². The average Bonchev–Trinajstić information content (AvgIpc) is 2.20. The molecule has 5 heteroatoms. The van der Waals surface area contributed by atoms with Crippen molar-refractivity contribution in [2.24, 2.45) is 0 Å². The Morgan fingerprint density at radius 3 is 2.44 bits per heavy atom. The first-order chi connectivity index (χ1) is 7.34. The van der Waals surface area contributed by atoms with Gasteiger partial charge in [0.2, 0.25) is 0 Å². The maximum Gasteiger partial charge on any atom is 0.337 e. The molecule has 88 valence electrons. The van der Waals surface area contributed by atoms with E-state index in [-0.39, 0.29) is 16.0 Å². The molecule has 0 aliphatic rings. The Balaban J connectivity index is 3.32. The Morgan fingerprint density at radius 1 is 1.44 bits per heavy atom. The average molecular weight is 291 g/mol. The third kappa shape index (κ3) is 2.59. The quantitative estimate of drug-likeness (QED) is 0.900. The SMILES string of the molecule is CC(C)c1cc(Br)c(F)c(C(O)C(=O)O)c1. The van der Waals surface area contributed by atoms with Crippen LogP contribution in [0.3, 0.4) is 0 Å². The highest BCUT2D eigenvalue weighted by molar-refractivity contribution is 9.10. The molecule has 0 fully saturated rings. The van der Waals surface area contributed by atoms with Crippen molar-refractivity contribution in [3.63, 3.8) is 0 Å². The van der Waals surface area contributed by atoms with E-state index in [0.29, 0.717) is 0 Å². The smallest absolute Gasteiger partial charge is 0.337 e. The number of aliphatic hydroxyl groups excluding tert-OH is 1. The minimum Gasteiger partial charge on any atom is -0.479 e. The zero-order chi connectivity index (χ0) is 12.5. The third-order valence-corrected chi connectivity index (χ3v) is 2.85. The number of aliphatic carboxylic acids is 1. The molecule has 0 heterocycles. The van der Waals surface area contributed by atoms with E-state index in [1.54, 1.807) is 6.07 Å². The van der Waals surface area contributed by atoms with Crippen molar-refractivity contribution in [2.45, 2.75) is 25.9 Å². The van der Waals surface area contributed by atoms with E-state index in [9.17, 15) is 14.3 Å². The van der Waals surface area contributed by atoms with Crippen LogP contribution >= 0.6 is 15.9 Å². The minimum atomic E-state index is -1.84. The van der Waals surface area contributed by atoms with Gasteiger partial charge >= 0.3 is 5.97 Å². The van der Waals surface area contributed by atoms with Crippen molar-refractivity contribution in [1.29, 1.82) is 0 Å². The van der Waals surface area contributed by atoms with Gasteiger partial charge in [0.1, 0.15) is 5.82 Å². The summed E-state index contributed by atoms with van der Waals surface area (Å²) in [4.78, 5) is 10.6. The number of rotatable bonds is 3. The highest BCUT2D eigenvalue weighted by Gasteiger charge is 2.22. The molecule has 0 spiro atoms. The summed E-state index contributed by atoms with van der Waals surface area (Å²) in [7, 11) is 0. The Labute approximate surface area is 101 Å². The summed E-state index contributed by atoms with van der Waals surface area (Å²) in [5.41, 5.74) is 0.550. The van der Waals surface area contributed by atoms with Crippen molar-refractivity contribution < 1.29 is 19.4 Å². The van der Waals surface area contributed by atoms with Crippen LogP contribution in [0.25, 0.3) is 0 Å². The number of hydrogen-bond donors (Lipinski definition) is 2. The van der Waals surface area contributed by atoms with Gasteiger partial charge in [0.15, 0.2) is 6.10 Å². The lowest BCUT2D eigenvalue weighted by Crippen LogP contribution is -2.13. The predicted molar refractivity (Wildman–Crippen MR) is 60.8 cm³/mol. The van der Waals surface area contributed by atoms with Gasteiger partial charge < -0.3 is 10.2 Å². The maximum atomic E-state index is 13.6. The molecule has 1 aromatic rings. The van der Waals surface area contributed by atoms with E-state index >= 15 is 0 Å². The fourth-order valence-corrected chi connectivity index (χ4v) is 1.79. The molecular formula is C11H12BrFO3. The van der Waals surface area contributed by atoms with Gasteiger partial charge in [0.05, 0.1) is 4.47 Å². The third-order valence-electron chi connectivity index (χ3n) is 2.27. The number of benzene rings is 1. The zero-order valence-electron chi connectivity index (χ0n) is 8.87. The molecule has 0 saturated heterocycles. The molecule has 2 N–H and O–H groups in total. The van der Waals surface area contributed by atoms with E-state index in [1.165, 1.54) is 6.07 Å². The molecule has 1 atom stereocenters. The second-order valence-electron chi connectivity index (χ2n) is 3.80. The summed E-state index contributed by atoms with van der Waals surface area (Å²) >= 11 is 3.00. The van der Waals surface area contributed by atoms with Gasteiger partial charge in [-0.15, -0.1) is 0 Å². The Kier molecular flexibility index (Phi) is 4.04. The molecule has 0 amide bonds.